The van der Waals surface area contributed by atoms with Crippen molar-refractivity contribution >= 4 is 17.4 Å². The molecule has 0 bridgehead atoms. The third-order valence-electron chi connectivity index (χ3n) is 5.82. The van der Waals surface area contributed by atoms with E-state index in [1.54, 1.807) is 32.4 Å². The lowest BCUT2D eigenvalue weighted by atomic mass is 9.95. The SMILES string of the molecule is COc1ccc(NC(=O)C2CCN(c3ccc(-c4cccc(C)c4)nn3)CC2)c(OC)c1. The molecular formula is C25H28N4O3. The molecule has 1 aliphatic rings. The van der Waals surface area contributed by atoms with Gasteiger partial charge >= 0.3 is 0 Å². The van der Waals surface area contributed by atoms with Crippen molar-refractivity contribution in [2.45, 2.75) is 19.8 Å². The van der Waals surface area contributed by atoms with Gasteiger partial charge < -0.3 is 19.7 Å². The van der Waals surface area contributed by atoms with Gasteiger partial charge in [-0.25, -0.2) is 0 Å². The first kappa shape index (κ1) is 21.6. The van der Waals surface area contributed by atoms with Gasteiger partial charge in [0.05, 0.1) is 25.6 Å². The highest BCUT2D eigenvalue weighted by molar-refractivity contribution is 5.94. The zero-order chi connectivity index (χ0) is 22.5. The number of carbonyl (C=O) groups is 1. The second-order valence-electron chi connectivity index (χ2n) is 7.96. The number of rotatable bonds is 6. The zero-order valence-corrected chi connectivity index (χ0v) is 18.7. The van der Waals surface area contributed by atoms with E-state index in [2.05, 4.69) is 39.5 Å². The highest BCUT2D eigenvalue weighted by Crippen LogP contribution is 2.31. The molecule has 0 radical (unpaired) electrons. The largest absolute Gasteiger partial charge is 0.497 e. The quantitative estimate of drug-likeness (QED) is 0.625. The van der Waals surface area contributed by atoms with Crippen molar-refractivity contribution in [3.8, 4) is 22.8 Å². The summed E-state index contributed by atoms with van der Waals surface area (Å²) in [5.41, 5.74) is 3.77. The van der Waals surface area contributed by atoms with Crippen LogP contribution in [0.4, 0.5) is 11.5 Å². The molecule has 2 aromatic carbocycles. The van der Waals surface area contributed by atoms with E-state index in [0.29, 0.717) is 17.2 Å². The molecule has 1 saturated heterocycles. The third kappa shape index (κ3) is 4.82. The molecule has 1 amide bonds. The number of anilines is 2. The number of ether oxygens (including phenoxy) is 2. The predicted octanol–water partition coefficient (Wildman–Crippen LogP) is 4.32. The van der Waals surface area contributed by atoms with Crippen LogP contribution < -0.4 is 19.7 Å². The Kier molecular flexibility index (Phi) is 6.54. The Morgan fingerprint density at radius 1 is 1.00 bits per heavy atom. The van der Waals surface area contributed by atoms with Crippen molar-refractivity contribution in [3.05, 3.63) is 60.2 Å². The molecule has 0 unspecified atom stereocenters. The van der Waals surface area contributed by atoms with Crippen LogP contribution in [0.3, 0.4) is 0 Å². The van der Waals surface area contributed by atoms with Gasteiger partial charge in [-0.05, 0) is 50.1 Å². The lowest BCUT2D eigenvalue weighted by molar-refractivity contribution is -0.120. The number of amides is 1. The van der Waals surface area contributed by atoms with Crippen LogP contribution >= 0.6 is 0 Å². The predicted molar refractivity (Wildman–Crippen MR) is 125 cm³/mol. The third-order valence-corrected chi connectivity index (χ3v) is 5.82. The number of carbonyl (C=O) groups excluding carboxylic acids is 1. The Morgan fingerprint density at radius 3 is 2.47 bits per heavy atom. The molecule has 0 saturated carbocycles. The fourth-order valence-electron chi connectivity index (χ4n) is 3.96. The molecule has 0 spiro atoms. The summed E-state index contributed by atoms with van der Waals surface area (Å²) in [6.07, 6.45) is 1.51. The summed E-state index contributed by atoms with van der Waals surface area (Å²) >= 11 is 0. The molecular weight excluding hydrogens is 404 g/mol. The zero-order valence-electron chi connectivity index (χ0n) is 18.7. The molecule has 0 aliphatic carbocycles. The Hall–Kier alpha value is -3.61. The molecule has 3 aromatic rings. The molecule has 1 aromatic heterocycles. The number of methoxy groups -OCH3 is 2. The second kappa shape index (κ2) is 9.68. The van der Waals surface area contributed by atoms with E-state index < -0.39 is 0 Å². The van der Waals surface area contributed by atoms with Crippen molar-refractivity contribution < 1.29 is 14.3 Å². The van der Waals surface area contributed by atoms with Crippen LogP contribution in [0.2, 0.25) is 0 Å². The normalized spacial score (nSPS) is 14.2. The first-order chi connectivity index (χ1) is 15.6. The maximum absolute atomic E-state index is 12.8. The standard InChI is InChI=1S/C25H28N4O3/c1-17-5-4-6-19(15-17)21-9-10-24(28-27-21)29-13-11-18(12-14-29)25(30)26-22-8-7-20(31-2)16-23(22)32-3/h4-10,15-16,18H,11-14H2,1-3H3,(H,26,30). The van der Waals surface area contributed by atoms with E-state index in [-0.39, 0.29) is 11.8 Å². The maximum Gasteiger partial charge on any atom is 0.227 e. The van der Waals surface area contributed by atoms with Gasteiger partial charge in [0.25, 0.3) is 0 Å². The van der Waals surface area contributed by atoms with E-state index in [1.807, 2.05) is 24.3 Å². The Labute approximate surface area is 188 Å². The summed E-state index contributed by atoms with van der Waals surface area (Å²) in [5, 5.41) is 11.8. The second-order valence-corrected chi connectivity index (χ2v) is 7.96. The first-order valence-electron chi connectivity index (χ1n) is 10.8. The van der Waals surface area contributed by atoms with E-state index in [1.165, 1.54) is 5.56 Å². The molecule has 32 heavy (non-hydrogen) atoms. The van der Waals surface area contributed by atoms with Crippen molar-refractivity contribution in [2.24, 2.45) is 5.92 Å². The number of aryl methyl sites for hydroxylation is 1. The van der Waals surface area contributed by atoms with Crippen LogP contribution in [0.1, 0.15) is 18.4 Å². The number of piperidine rings is 1. The smallest absolute Gasteiger partial charge is 0.227 e. The molecule has 1 fully saturated rings. The number of aromatic nitrogens is 2. The minimum Gasteiger partial charge on any atom is -0.497 e. The average molecular weight is 433 g/mol. The van der Waals surface area contributed by atoms with Crippen LogP contribution in [-0.4, -0.2) is 43.4 Å². The molecule has 7 nitrogen and oxygen atoms in total. The van der Waals surface area contributed by atoms with Gasteiger partial charge in [-0.15, -0.1) is 10.2 Å². The molecule has 0 atom stereocenters. The molecule has 1 aliphatic heterocycles. The minimum atomic E-state index is -0.0578. The highest BCUT2D eigenvalue weighted by Gasteiger charge is 2.26. The molecule has 2 heterocycles. The summed E-state index contributed by atoms with van der Waals surface area (Å²) < 4.78 is 10.6. The van der Waals surface area contributed by atoms with E-state index in [0.717, 1.165) is 43.0 Å². The van der Waals surface area contributed by atoms with Crippen LogP contribution in [-0.2, 0) is 4.79 Å². The van der Waals surface area contributed by atoms with Gasteiger partial charge in [0.1, 0.15) is 11.5 Å². The van der Waals surface area contributed by atoms with Gasteiger partial charge in [-0.3, -0.25) is 4.79 Å². The Morgan fingerprint density at radius 2 is 1.81 bits per heavy atom. The summed E-state index contributed by atoms with van der Waals surface area (Å²) in [6.45, 7) is 3.59. The molecule has 1 N–H and O–H groups in total. The maximum atomic E-state index is 12.8. The van der Waals surface area contributed by atoms with Crippen molar-refractivity contribution in [1.82, 2.24) is 10.2 Å². The van der Waals surface area contributed by atoms with Gasteiger partial charge in [0, 0.05) is 30.6 Å². The Bertz CT molecular complexity index is 1080. The fraction of sp³-hybridized carbons (Fsp3) is 0.320. The topological polar surface area (TPSA) is 76.6 Å². The number of nitrogens with one attached hydrogen (secondary N) is 1. The summed E-state index contributed by atoms with van der Waals surface area (Å²) in [5.74, 6) is 2.06. The van der Waals surface area contributed by atoms with Crippen LogP contribution in [0.5, 0.6) is 11.5 Å². The molecule has 4 rings (SSSR count). The van der Waals surface area contributed by atoms with Gasteiger partial charge in [-0.2, -0.15) is 0 Å². The number of hydrogen-bond donors (Lipinski definition) is 1. The summed E-state index contributed by atoms with van der Waals surface area (Å²) in [7, 11) is 3.18. The first-order valence-corrected chi connectivity index (χ1v) is 10.8. The highest BCUT2D eigenvalue weighted by atomic mass is 16.5. The van der Waals surface area contributed by atoms with E-state index >= 15 is 0 Å². The Balaban J connectivity index is 1.35. The fourth-order valence-corrected chi connectivity index (χ4v) is 3.96. The van der Waals surface area contributed by atoms with E-state index in [4.69, 9.17) is 9.47 Å². The van der Waals surface area contributed by atoms with Gasteiger partial charge in [0.15, 0.2) is 5.82 Å². The van der Waals surface area contributed by atoms with Crippen LogP contribution in [0, 0.1) is 12.8 Å². The van der Waals surface area contributed by atoms with Crippen molar-refractivity contribution in [3.63, 3.8) is 0 Å². The lowest BCUT2D eigenvalue weighted by Crippen LogP contribution is -2.38. The van der Waals surface area contributed by atoms with Crippen LogP contribution in [0.15, 0.2) is 54.6 Å². The van der Waals surface area contributed by atoms with E-state index in [9.17, 15) is 4.79 Å². The number of nitrogens with zero attached hydrogens (tertiary/aromatic N) is 3. The summed E-state index contributed by atoms with van der Waals surface area (Å²) in [6, 6.07) is 17.6. The van der Waals surface area contributed by atoms with Crippen molar-refractivity contribution in [2.75, 3.05) is 37.5 Å². The van der Waals surface area contributed by atoms with Gasteiger partial charge in [-0.1, -0.05) is 23.8 Å². The van der Waals surface area contributed by atoms with Crippen molar-refractivity contribution in [1.29, 1.82) is 0 Å². The minimum absolute atomic E-state index is 0.00833. The van der Waals surface area contributed by atoms with Gasteiger partial charge in [0.2, 0.25) is 5.91 Å². The number of benzene rings is 2. The monoisotopic (exact) mass is 432 g/mol. The summed E-state index contributed by atoms with van der Waals surface area (Å²) in [4.78, 5) is 15.0. The molecule has 7 heteroatoms. The average Bonchev–Trinajstić information content (AvgIpc) is 2.84. The molecule has 166 valence electrons. The van der Waals surface area contributed by atoms with Crippen LogP contribution in [0.25, 0.3) is 11.3 Å². The lowest BCUT2D eigenvalue weighted by Gasteiger charge is -2.32. The number of hydrogen-bond acceptors (Lipinski definition) is 6.